The maximum absolute atomic E-state index is 12.0. The molecule has 0 aliphatic carbocycles. The molecule has 1 aliphatic heterocycles. The van der Waals surface area contributed by atoms with Crippen LogP contribution in [0.1, 0.15) is 35.8 Å². The number of aromatic nitrogens is 1. The lowest BCUT2D eigenvalue weighted by Crippen LogP contribution is -2.44. The van der Waals surface area contributed by atoms with Crippen molar-refractivity contribution in [2.75, 3.05) is 26.7 Å². The van der Waals surface area contributed by atoms with Gasteiger partial charge in [-0.2, -0.15) is 0 Å². The second-order valence-electron chi connectivity index (χ2n) is 8.38. The number of rotatable bonds is 7. The summed E-state index contributed by atoms with van der Waals surface area (Å²) in [7, 11) is 1.61. The van der Waals surface area contributed by atoms with Crippen LogP contribution in [0.15, 0.2) is 48.0 Å². The standard InChI is InChI=1S/C26H28N2O4S.2ClH/c1-32-19-7-8-24-22(16-19)21(10-12-27-24)25(29)9-6-18-11-14-28(17-23(18)26(30)31)13-2-4-20-5-3-15-33-20;;/h3,5,7-8,10,12,15-16,18,23,25,29H,6,9,11,13-14,17H2,1H3,(H,30,31);2*1H/t18-,23+,25?;;/m1../s1. The van der Waals surface area contributed by atoms with Gasteiger partial charge in [-0.1, -0.05) is 17.9 Å². The number of aliphatic hydroxyl groups excluding tert-OH is 1. The number of carbonyl (C=O) groups is 1. The second-order valence-corrected chi connectivity index (χ2v) is 9.33. The monoisotopic (exact) mass is 536 g/mol. The van der Waals surface area contributed by atoms with Crippen molar-refractivity contribution in [3.8, 4) is 17.6 Å². The summed E-state index contributed by atoms with van der Waals surface area (Å²) in [5, 5.41) is 23.6. The molecule has 1 aromatic carbocycles. The molecule has 2 aromatic heterocycles. The highest BCUT2D eigenvalue weighted by Gasteiger charge is 2.34. The van der Waals surface area contributed by atoms with Crippen molar-refractivity contribution in [3.63, 3.8) is 0 Å². The van der Waals surface area contributed by atoms with E-state index in [0.717, 1.165) is 34.3 Å². The molecule has 6 nitrogen and oxygen atoms in total. The fraction of sp³-hybridized carbons (Fsp3) is 0.385. The molecule has 1 unspecified atom stereocenters. The van der Waals surface area contributed by atoms with E-state index >= 15 is 0 Å². The van der Waals surface area contributed by atoms with E-state index in [1.807, 2.05) is 41.8 Å². The highest BCUT2D eigenvalue weighted by molar-refractivity contribution is 7.10. The van der Waals surface area contributed by atoms with Crippen molar-refractivity contribution < 1.29 is 19.7 Å². The van der Waals surface area contributed by atoms with Gasteiger partial charge in [-0.15, -0.1) is 36.2 Å². The van der Waals surface area contributed by atoms with Gasteiger partial charge in [0, 0.05) is 18.1 Å². The van der Waals surface area contributed by atoms with E-state index in [0.29, 0.717) is 31.7 Å². The Labute approximate surface area is 222 Å². The Hall–Kier alpha value is -2.34. The van der Waals surface area contributed by atoms with Crippen LogP contribution in [-0.2, 0) is 4.79 Å². The van der Waals surface area contributed by atoms with Crippen LogP contribution in [0.25, 0.3) is 10.9 Å². The number of ether oxygens (including phenoxy) is 1. The van der Waals surface area contributed by atoms with Crippen molar-refractivity contribution in [2.45, 2.75) is 25.4 Å². The molecule has 3 aromatic rings. The fourth-order valence-corrected chi connectivity index (χ4v) is 5.11. The molecule has 2 N–H and O–H groups in total. The van der Waals surface area contributed by atoms with E-state index in [9.17, 15) is 15.0 Å². The number of benzene rings is 1. The third-order valence-electron chi connectivity index (χ3n) is 6.35. The minimum absolute atomic E-state index is 0. The van der Waals surface area contributed by atoms with Gasteiger partial charge < -0.3 is 14.9 Å². The number of pyridine rings is 1. The number of aliphatic carboxylic acids is 1. The van der Waals surface area contributed by atoms with Crippen LogP contribution in [0, 0.1) is 23.7 Å². The highest BCUT2D eigenvalue weighted by atomic mass is 35.5. The van der Waals surface area contributed by atoms with Gasteiger partial charge in [0.05, 0.1) is 36.1 Å². The lowest BCUT2D eigenvalue weighted by molar-refractivity contribution is -0.146. The van der Waals surface area contributed by atoms with Crippen molar-refractivity contribution in [1.29, 1.82) is 0 Å². The number of likely N-dealkylation sites (tertiary alicyclic amines) is 1. The summed E-state index contributed by atoms with van der Waals surface area (Å²) in [6.45, 7) is 1.88. The number of carboxylic acid groups (broad SMARTS) is 1. The topological polar surface area (TPSA) is 82.9 Å². The zero-order valence-corrected chi connectivity index (χ0v) is 21.9. The van der Waals surface area contributed by atoms with Gasteiger partial charge in [-0.25, -0.2) is 0 Å². The average Bonchev–Trinajstić information content (AvgIpc) is 3.35. The van der Waals surface area contributed by atoms with Crippen molar-refractivity contribution in [3.05, 3.63) is 58.4 Å². The van der Waals surface area contributed by atoms with Crippen LogP contribution in [-0.4, -0.2) is 52.8 Å². The lowest BCUT2D eigenvalue weighted by atomic mass is 9.81. The second kappa shape index (κ2) is 13.7. The Balaban J connectivity index is 0.00000216. The first-order chi connectivity index (χ1) is 16.0. The van der Waals surface area contributed by atoms with Gasteiger partial charge in [0.2, 0.25) is 0 Å². The number of aliphatic hydroxyl groups is 1. The van der Waals surface area contributed by atoms with Gasteiger partial charge in [0.15, 0.2) is 0 Å². The quantitative estimate of drug-likeness (QED) is 0.411. The zero-order valence-electron chi connectivity index (χ0n) is 19.4. The predicted molar refractivity (Wildman–Crippen MR) is 144 cm³/mol. The SMILES string of the molecule is COc1ccc2nccc(C(O)CC[C@@H]3CCN(CC#Cc4cccs4)C[C@@H]3C(=O)O)c2c1.Cl.Cl. The van der Waals surface area contributed by atoms with Crippen LogP contribution in [0.2, 0.25) is 0 Å². The number of thiophene rings is 1. The largest absolute Gasteiger partial charge is 0.497 e. The summed E-state index contributed by atoms with van der Waals surface area (Å²) in [4.78, 5) is 19.5. The van der Waals surface area contributed by atoms with Crippen LogP contribution in [0.4, 0.5) is 0 Å². The van der Waals surface area contributed by atoms with Gasteiger partial charge in [0.1, 0.15) is 5.75 Å². The summed E-state index contributed by atoms with van der Waals surface area (Å²) >= 11 is 1.60. The van der Waals surface area contributed by atoms with E-state index in [4.69, 9.17) is 4.74 Å². The number of fused-ring (bicyclic) bond motifs is 1. The molecule has 3 heterocycles. The molecule has 0 radical (unpaired) electrons. The van der Waals surface area contributed by atoms with Crippen LogP contribution < -0.4 is 4.74 Å². The number of piperidine rings is 1. The number of hydrogen-bond acceptors (Lipinski definition) is 6. The first-order valence-corrected chi connectivity index (χ1v) is 12.0. The van der Waals surface area contributed by atoms with Crippen LogP contribution >= 0.6 is 36.2 Å². The molecule has 3 atom stereocenters. The summed E-state index contributed by atoms with van der Waals surface area (Å²) in [6.07, 6.45) is 2.95. The predicted octanol–water partition coefficient (Wildman–Crippen LogP) is 5.04. The number of hydrogen-bond donors (Lipinski definition) is 2. The van der Waals surface area contributed by atoms with Crippen LogP contribution in [0.5, 0.6) is 5.75 Å². The molecule has 0 bridgehead atoms. The van der Waals surface area contributed by atoms with Gasteiger partial charge in [-0.05, 0) is 73.0 Å². The van der Waals surface area contributed by atoms with Gasteiger partial charge in [-0.3, -0.25) is 14.7 Å². The maximum atomic E-state index is 12.0. The maximum Gasteiger partial charge on any atom is 0.308 e. The minimum atomic E-state index is -0.774. The van der Waals surface area contributed by atoms with E-state index in [-0.39, 0.29) is 30.7 Å². The number of methoxy groups -OCH3 is 1. The van der Waals surface area contributed by atoms with Gasteiger partial charge >= 0.3 is 5.97 Å². The molecule has 9 heteroatoms. The summed E-state index contributed by atoms with van der Waals surface area (Å²) in [5.41, 5.74) is 1.60. The highest BCUT2D eigenvalue weighted by Crippen LogP contribution is 2.33. The van der Waals surface area contributed by atoms with E-state index in [2.05, 4.69) is 21.7 Å². The van der Waals surface area contributed by atoms with E-state index < -0.39 is 18.0 Å². The molecule has 1 fully saturated rings. The molecular weight excluding hydrogens is 507 g/mol. The van der Waals surface area contributed by atoms with Crippen molar-refractivity contribution in [1.82, 2.24) is 9.88 Å². The lowest BCUT2D eigenvalue weighted by Gasteiger charge is -2.36. The molecule has 1 aliphatic rings. The summed E-state index contributed by atoms with van der Waals surface area (Å²) in [6, 6.07) is 11.4. The third-order valence-corrected chi connectivity index (χ3v) is 7.13. The molecule has 0 saturated carbocycles. The fourth-order valence-electron chi connectivity index (χ4n) is 4.52. The smallest absolute Gasteiger partial charge is 0.308 e. The summed E-state index contributed by atoms with van der Waals surface area (Å²) < 4.78 is 5.32. The molecule has 0 spiro atoms. The first kappa shape index (κ1) is 28.9. The number of nitrogens with zero attached hydrogens (tertiary/aromatic N) is 2. The molecular formula is C26H30Cl2N2O4S. The Morgan fingerprint density at radius 3 is 2.86 bits per heavy atom. The third kappa shape index (κ3) is 7.33. The zero-order chi connectivity index (χ0) is 23.2. The van der Waals surface area contributed by atoms with Crippen molar-refractivity contribution in [2.24, 2.45) is 11.8 Å². The molecule has 0 amide bonds. The Morgan fingerprint density at radius 1 is 1.31 bits per heavy atom. The Bertz CT molecular complexity index is 1160. The first-order valence-electron chi connectivity index (χ1n) is 11.1. The molecule has 4 rings (SSSR count). The van der Waals surface area contributed by atoms with E-state index in [1.165, 1.54) is 0 Å². The van der Waals surface area contributed by atoms with Crippen molar-refractivity contribution >= 4 is 53.0 Å². The Kier molecular flexibility index (Phi) is 11.3. The van der Waals surface area contributed by atoms with Crippen LogP contribution in [0.3, 0.4) is 0 Å². The molecule has 188 valence electrons. The Morgan fingerprint density at radius 2 is 2.14 bits per heavy atom. The van der Waals surface area contributed by atoms with E-state index in [1.54, 1.807) is 24.6 Å². The van der Waals surface area contributed by atoms with Gasteiger partial charge in [0.25, 0.3) is 0 Å². The number of halogens is 2. The summed E-state index contributed by atoms with van der Waals surface area (Å²) in [5.74, 6) is 5.82. The minimum Gasteiger partial charge on any atom is -0.497 e. The molecule has 1 saturated heterocycles. The molecule has 35 heavy (non-hydrogen) atoms. The number of carboxylic acids is 1. The normalized spacial score (nSPS) is 18.5. The average molecular weight is 538 g/mol.